The topological polar surface area (TPSA) is 199 Å². The predicted molar refractivity (Wildman–Crippen MR) is 91.6 cm³/mol. The Balaban J connectivity index is 1.81. The minimum Gasteiger partial charge on any atom is -0.477 e. The number of aliphatic carboxylic acids is 1. The van der Waals surface area contributed by atoms with Crippen LogP contribution in [0.4, 0.5) is 0 Å². The number of nitrogens with one attached hydrogen (secondary N) is 1. The molecule has 1 saturated heterocycles. The van der Waals surface area contributed by atoms with Crippen LogP contribution in [0.2, 0.25) is 0 Å². The lowest BCUT2D eigenvalue weighted by atomic mass is 9.97. The molecule has 0 aromatic carbocycles. The van der Waals surface area contributed by atoms with Crippen molar-refractivity contribution in [3.8, 4) is 0 Å². The fourth-order valence-electron chi connectivity index (χ4n) is 2.69. The Labute approximate surface area is 159 Å². The molecule has 27 heavy (non-hydrogen) atoms. The summed E-state index contributed by atoms with van der Waals surface area (Å²) in [5.41, 5.74) is 9.66. The second-order valence-electron chi connectivity index (χ2n) is 5.60. The Morgan fingerprint density at radius 3 is 2.89 bits per heavy atom. The lowest BCUT2D eigenvalue weighted by Gasteiger charge is -2.54. The van der Waals surface area contributed by atoms with Gasteiger partial charge in [0.1, 0.15) is 17.6 Å². The third kappa shape index (κ3) is 3.24. The van der Waals surface area contributed by atoms with Gasteiger partial charge in [0.25, 0.3) is 5.91 Å². The van der Waals surface area contributed by atoms with Crippen LogP contribution < -0.4 is 16.8 Å². The van der Waals surface area contributed by atoms with Crippen LogP contribution in [0.5, 0.6) is 0 Å². The number of rotatable bonds is 8. The van der Waals surface area contributed by atoms with Gasteiger partial charge in [-0.2, -0.15) is 0 Å². The largest absolute Gasteiger partial charge is 0.477 e. The lowest BCUT2D eigenvalue weighted by molar-refractivity contribution is -0.157. The maximum absolute atomic E-state index is 12.4. The van der Waals surface area contributed by atoms with E-state index in [0.717, 1.165) is 16.7 Å². The van der Waals surface area contributed by atoms with Crippen molar-refractivity contribution in [2.24, 2.45) is 11.5 Å². The van der Waals surface area contributed by atoms with Crippen LogP contribution in [0.1, 0.15) is 0 Å². The Bertz CT molecular complexity index is 857. The van der Waals surface area contributed by atoms with Crippen LogP contribution in [-0.4, -0.2) is 76.9 Å². The molecular formula is C12H14N8O5S2. The fourth-order valence-corrected chi connectivity index (χ4v) is 5.08. The molecule has 3 heterocycles. The molecular weight excluding hydrogens is 400 g/mol. The molecule has 1 aromatic heterocycles. The van der Waals surface area contributed by atoms with E-state index in [2.05, 4.69) is 20.8 Å². The normalized spacial score (nSPS) is 24.3. The Morgan fingerprint density at radius 1 is 1.52 bits per heavy atom. The van der Waals surface area contributed by atoms with E-state index < -0.39 is 28.8 Å². The predicted octanol–water partition coefficient (Wildman–Crippen LogP) is -3.09. The van der Waals surface area contributed by atoms with Crippen molar-refractivity contribution in [2.45, 2.75) is 22.7 Å². The summed E-state index contributed by atoms with van der Waals surface area (Å²) in [6.07, 6.45) is 0.309. The molecule has 3 amide bonds. The first-order chi connectivity index (χ1) is 12.8. The first-order valence-corrected chi connectivity index (χ1v) is 9.41. The van der Waals surface area contributed by atoms with Crippen LogP contribution in [-0.2, 0) is 25.7 Å². The molecule has 1 aromatic rings. The van der Waals surface area contributed by atoms with Gasteiger partial charge in [0.05, 0.1) is 0 Å². The summed E-state index contributed by atoms with van der Waals surface area (Å²) < 4.78 is 1.19. The van der Waals surface area contributed by atoms with Gasteiger partial charge < -0.3 is 16.2 Å². The van der Waals surface area contributed by atoms with Crippen LogP contribution >= 0.6 is 23.5 Å². The van der Waals surface area contributed by atoms with Gasteiger partial charge in [0.15, 0.2) is 0 Å². The van der Waals surface area contributed by atoms with E-state index in [1.165, 1.54) is 16.4 Å². The number of carbonyl (C=O) groups excluding carboxylic acids is 3. The summed E-state index contributed by atoms with van der Waals surface area (Å²) in [6, 6.07) is 0. The van der Waals surface area contributed by atoms with Gasteiger partial charge in [-0.25, -0.2) is 9.48 Å². The van der Waals surface area contributed by atoms with Crippen molar-refractivity contribution in [1.82, 2.24) is 30.4 Å². The fraction of sp³-hybridized carbons (Fsp3) is 0.417. The van der Waals surface area contributed by atoms with E-state index in [4.69, 9.17) is 11.5 Å². The van der Waals surface area contributed by atoms with Crippen molar-refractivity contribution >= 4 is 47.7 Å². The van der Waals surface area contributed by atoms with Gasteiger partial charge in [-0.15, -0.1) is 16.9 Å². The van der Waals surface area contributed by atoms with Gasteiger partial charge >= 0.3 is 5.97 Å². The summed E-state index contributed by atoms with van der Waals surface area (Å²) in [7, 11) is 0. The number of carbonyl (C=O) groups is 4. The van der Waals surface area contributed by atoms with E-state index in [0.29, 0.717) is 12.0 Å². The minimum absolute atomic E-state index is 0.170. The van der Waals surface area contributed by atoms with Crippen molar-refractivity contribution < 1.29 is 24.3 Å². The molecule has 2 aliphatic rings. The highest BCUT2D eigenvalue weighted by atomic mass is 32.2. The molecule has 15 heteroatoms. The first kappa shape index (κ1) is 19.1. The van der Waals surface area contributed by atoms with E-state index in [9.17, 15) is 24.3 Å². The number of tetrazole rings is 1. The third-order valence-electron chi connectivity index (χ3n) is 3.87. The lowest BCUT2D eigenvalue weighted by Crippen LogP contribution is -2.83. The number of carboxylic acid groups (broad SMARTS) is 1. The van der Waals surface area contributed by atoms with E-state index in [1.807, 2.05) is 0 Å². The minimum atomic E-state index is -1.63. The number of amides is 3. The molecule has 0 bridgehead atoms. The molecule has 0 unspecified atom stereocenters. The summed E-state index contributed by atoms with van der Waals surface area (Å²) in [5, 5.41) is 22.3. The van der Waals surface area contributed by atoms with Gasteiger partial charge in [-0.3, -0.25) is 25.0 Å². The smallest absolute Gasteiger partial charge is 0.352 e. The van der Waals surface area contributed by atoms with Crippen LogP contribution in [0, 0.1) is 0 Å². The molecule has 0 spiro atoms. The summed E-state index contributed by atoms with van der Waals surface area (Å²) in [4.78, 5) is 46.9. The maximum Gasteiger partial charge on any atom is 0.352 e. The molecule has 0 aliphatic carbocycles. The van der Waals surface area contributed by atoms with E-state index in [-0.39, 0.29) is 28.9 Å². The van der Waals surface area contributed by atoms with Crippen LogP contribution in [0.25, 0.3) is 0 Å². The van der Waals surface area contributed by atoms with Crippen molar-refractivity contribution in [1.29, 1.82) is 0 Å². The molecule has 2 aliphatic heterocycles. The zero-order valence-corrected chi connectivity index (χ0v) is 15.2. The number of β-lactam (4-membered cyclic amide) rings is 1. The van der Waals surface area contributed by atoms with E-state index >= 15 is 0 Å². The second kappa shape index (κ2) is 7.16. The molecule has 0 saturated carbocycles. The third-order valence-corrected chi connectivity index (χ3v) is 6.33. The number of hydrogen-bond acceptors (Lipinski definition) is 10. The zero-order chi connectivity index (χ0) is 19.8. The monoisotopic (exact) mass is 414 g/mol. The molecule has 144 valence electrons. The van der Waals surface area contributed by atoms with Crippen molar-refractivity contribution in [3.05, 3.63) is 11.3 Å². The second-order valence-corrected chi connectivity index (χ2v) is 7.61. The van der Waals surface area contributed by atoms with Crippen LogP contribution in [0.15, 0.2) is 16.4 Å². The maximum atomic E-state index is 12.4. The summed E-state index contributed by atoms with van der Waals surface area (Å²) >= 11 is 2.34. The number of thioether (sulfide) groups is 2. The summed E-state index contributed by atoms with van der Waals surface area (Å²) in [6.45, 7) is -0.214. The average molecular weight is 414 g/mol. The molecule has 13 nitrogen and oxygen atoms in total. The van der Waals surface area contributed by atoms with Gasteiger partial charge in [-0.1, -0.05) is 11.8 Å². The number of fused-ring (bicyclic) bond motifs is 1. The number of primary amides is 1. The first-order valence-electron chi connectivity index (χ1n) is 7.37. The Hall–Kier alpha value is -2.65. The van der Waals surface area contributed by atoms with Gasteiger partial charge in [-0.05, 0) is 16.0 Å². The van der Waals surface area contributed by atoms with Crippen molar-refractivity contribution in [2.75, 3.05) is 11.5 Å². The average Bonchev–Trinajstić information content (AvgIpc) is 3.04. The Kier molecular flexibility index (Phi) is 5.07. The highest BCUT2D eigenvalue weighted by molar-refractivity contribution is 8.01. The standard InChI is InChI=1S/C12H14N8O5S2/c13-6(22)1-19-11(16-17-18-19)27-3-5-2-26-10-12(14,15-4-21)9(25)20(10)7(5)8(23)24/h4,10H,1-3,14H2,(H2,13,22)(H,15,21)(H,23,24)/t10-,12+/m1/s1. The molecule has 2 atom stereocenters. The highest BCUT2D eigenvalue weighted by Crippen LogP contribution is 2.44. The van der Waals surface area contributed by atoms with Crippen LogP contribution in [0.3, 0.4) is 0 Å². The van der Waals surface area contributed by atoms with Crippen molar-refractivity contribution in [3.63, 3.8) is 0 Å². The molecule has 3 rings (SSSR count). The Morgan fingerprint density at radius 2 is 2.26 bits per heavy atom. The SMILES string of the molecule is NC(=O)Cn1nnnc1SCC1=C(C(=O)O)N2C(=O)[C@](N)(NC=O)[C@H]2SC1. The zero-order valence-electron chi connectivity index (χ0n) is 13.6. The van der Waals surface area contributed by atoms with Gasteiger partial charge in [0, 0.05) is 11.5 Å². The van der Waals surface area contributed by atoms with Gasteiger partial charge in [0.2, 0.25) is 23.1 Å². The molecule has 6 N–H and O–H groups in total. The number of nitrogens with two attached hydrogens (primary N) is 2. The number of nitrogens with zero attached hydrogens (tertiary/aromatic N) is 5. The number of aromatic nitrogens is 4. The molecule has 1 fully saturated rings. The quantitative estimate of drug-likeness (QED) is 0.145. The number of hydrogen-bond donors (Lipinski definition) is 4. The summed E-state index contributed by atoms with van der Waals surface area (Å²) in [5.74, 6) is -2.17. The molecule has 0 radical (unpaired) electrons. The number of carboxylic acids is 1. The van der Waals surface area contributed by atoms with E-state index in [1.54, 1.807) is 0 Å². The highest BCUT2D eigenvalue weighted by Gasteiger charge is 2.62.